The third kappa shape index (κ3) is 78.0. The highest BCUT2D eigenvalue weighted by Gasteiger charge is 2.30. The Bertz CT molecular complexity index is 1960. The lowest BCUT2D eigenvalue weighted by Crippen LogP contribution is -2.30. The molecule has 19 heteroatoms. The molecule has 0 bridgehead atoms. The third-order valence-electron chi connectivity index (χ3n) is 19.8. The van der Waals surface area contributed by atoms with Crippen LogP contribution in [-0.4, -0.2) is 96.7 Å². The molecule has 0 saturated heterocycles. The summed E-state index contributed by atoms with van der Waals surface area (Å²) in [4.78, 5) is 73.2. The largest absolute Gasteiger partial charge is 0.472 e. The van der Waals surface area contributed by atoms with Gasteiger partial charge in [0.15, 0.2) is 12.2 Å². The molecule has 612 valence electrons. The molecule has 3 N–H and O–H groups in total. The first-order valence-corrected chi connectivity index (χ1v) is 46.6. The number of ether oxygens (including phenoxy) is 4. The topological polar surface area (TPSA) is 237 Å². The SMILES string of the molecule is CCCCCCCCCCCCCCCCCCCCC(=O)OC[C@H](COP(=O)(O)OC[C@@H](O)COP(=O)(O)OC[C@@H](COC(=O)CCCCCCCCCCCCCCC)OC(=O)CCCCCCCCCCCCCC(C)C)OC(=O)CCCCCCCCCCCCCCCCCCCC. The van der Waals surface area contributed by atoms with Gasteiger partial charge in [0.05, 0.1) is 26.4 Å². The van der Waals surface area contributed by atoms with Crippen LogP contribution in [0.5, 0.6) is 0 Å². The molecule has 0 saturated carbocycles. The zero-order chi connectivity index (χ0) is 75.5. The first-order chi connectivity index (χ1) is 50.0. The molecule has 5 atom stereocenters. The fourth-order valence-corrected chi connectivity index (χ4v) is 14.7. The second-order valence-electron chi connectivity index (χ2n) is 30.7. The van der Waals surface area contributed by atoms with E-state index in [-0.39, 0.29) is 25.7 Å². The van der Waals surface area contributed by atoms with Gasteiger partial charge in [0.1, 0.15) is 19.3 Å². The molecule has 0 aromatic carbocycles. The fraction of sp³-hybridized carbons (Fsp3) is 0.952. The quantitative estimate of drug-likeness (QED) is 0.0222. The number of hydrogen-bond donors (Lipinski definition) is 3. The maximum Gasteiger partial charge on any atom is 0.472 e. The third-order valence-corrected chi connectivity index (χ3v) is 21.7. The average molecular weight is 1510 g/mol. The summed E-state index contributed by atoms with van der Waals surface area (Å²) in [5, 5.41) is 10.7. The van der Waals surface area contributed by atoms with Gasteiger partial charge in [-0.2, -0.15) is 0 Å². The molecule has 17 nitrogen and oxygen atoms in total. The van der Waals surface area contributed by atoms with E-state index in [2.05, 4.69) is 34.6 Å². The molecule has 0 aliphatic carbocycles. The van der Waals surface area contributed by atoms with Crippen molar-refractivity contribution >= 4 is 39.5 Å². The van der Waals surface area contributed by atoms with Gasteiger partial charge in [0, 0.05) is 25.7 Å². The maximum atomic E-state index is 13.1. The molecular formula is C84H164O17P2. The Labute approximate surface area is 632 Å². The molecule has 0 amide bonds. The predicted octanol–water partition coefficient (Wildman–Crippen LogP) is 25.6. The van der Waals surface area contributed by atoms with Crippen molar-refractivity contribution in [3.8, 4) is 0 Å². The van der Waals surface area contributed by atoms with Gasteiger partial charge in [0.25, 0.3) is 0 Å². The van der Waals surface area contributed by atoms with Gasteiger partial charge in [-0.3, -0.25) is 37.3 Å². The van der Waals surface area contributed by atoms with Crippen LogP contribution in [-0.2, 0) is 65.4 Å². The van der Waals surface area contributed by atoms with Crippen LogP contribution >= 0.6 is 15.6 Å². The zero-order valence-electron chi connectivity index (χ0n) is 67.5. The summed E-state index contributed by atoms with van der Waals surface area (Å²) in [5.41, 5.74) is 0. The summed E-state index contributed by atoms with van der Waals surface area (Å²) >= 11 is 0. The van der Waals surface area contributed by atoms with Crippen molar-refractivity contribution in [1.29, 1.82) is 0 Å². The highest BCUT2D eigenvalue weighted by atomic mass is 31.2. The molecule has 0 aromatic rings. The highest BCUT2D eigenvalue weighted by molar-refractivity contribution is 7.47. The van der Waals surface area contributed by atoms with E-state index in [1.54, 1.807) is 0 Å². The molecule has 0 rings (SSSR count). The van der Waals surface area contributed by atoms with Gasteiger partial charge in [-0.1, -0.05) is 401 Å². The number of phosphoric ester groups is 2. The normalized spacial score (nSPS) is 13.8. The van der Waals surface area contributed by atoms with E-state index in [4.69, 9.17) is 37.0 Å². The van der Waals surface area contributed by atoms with Crippen LogP contribution in [0.25, 0.3) is 0 Å². The Kier molecular flexibility index (Phi) is 75.4. The summed E-state index contributed by atoms with van der Waals surface area (Å²) in [5.74, 6) is -1.33. The van der Waals surface area contributed by atoms with Crippen LogP contribution in [0.3, 0.4) is 0 Å². The van der Waals surface area contributed by atoms with Crippen molar-refractivity contribution in [2.75, 3.05) is 39.6 Å². The molecule has 0 aromatic heterocycles. The second-order valence-corrected chi connectivity index (χ2v) is 33.6. The number of carbonyl (C=O) groups is 4. The Hall–Kier alpha value is -1.94. The van der Waals surface area contributed by atoms with Crippen molar-refractivity contribution < 1.29 is 80.2 Å². The van der Waals surface area contributed by atoms with E-state index < -0.39 is 97.5 Å². The van der Waals surface area contributed by atoms with Crippen molar-refractivity contribution in [2.45, 2.75) is 470 Å². The van der Waals surface area contributed by atoms with Crippen LogP contribution in [0.1, 0.15) is 452 Å². The number of aliphatic hydroxyl groups excluding tert-OH is 1. The summed E-state index contributed by atoms with van der Waals surface area (Å²) in [6.07, 6.45) is 69.3. The Balaban J connectivity index is 5.26. The summed E-state index contributed by atoms with van der Waals surface area (Å²) in [6.45, 7) is 7.36. The monoisotopic (exact) mass is 1510 g/mol. The fourth-order valence-electron chi connectivity index (χ4n) is 13.1. The van der Waals surface area contributed by atoms with Gasteiger partial charge in [-0.25, -0.2) is 9.13 Å². The molecule has 0 radical (unpaired) electrons. The average Bonchev–Trinajstić information content (AvgIpc) is 0.944. The van der Waals surface area contributed by atoms with E-state index in [1.165, 1.54) is 276 Å². The van der Waals surface area contributed by atoms with E-state index >= 15 is 0 Å². The van der Waals surface area contributed by atoms with Gasteiger partial charge in [-0.05, 0) is 31.6 Å². The van der Waals surface area contributed by atoms with Crippen molar-refractivity contribution in [2.24, 2.45) is 5.92 Å². The van der Waals surface area contributed by atoms with E-state index in [0.717, 1.165) is 95.8 Å². The molecule has 0 heterocycles. The van der Waals surface area contributed by atoms with Crippen LogP contribution < -0.4 is 0 Å². The Morgan fingerprint density at radius 1 is 0.262 bits per heavy atom. The number of hydrogen-bond acceptors (Lipinski definition) is 15. The van der Waals surface area contributed by atoms with E-state index in [0.29, 0.717) is 25.7 Å². The van der Waals surface area contributed by atoms with E-state index in [9.17, 15) is 43.2 Å². The zero-order valence-corrected chi connectivity index (χ0v) is 69.3. The number of rotatable bonds is 84. The Morgan fingerprint density at radius 2 is 0.447 bits per heavy atom. The van der Waals surface area contributed by atoms with Gasteiger partial charge >= 0.3 is 39.5 Å². The molecule has 2 unspecified atom stereocenters. The van der Waals surface area contributed by atoms with Crippen molar-refractivity contribution in [1.82, 2.24) is 0 Å². The molecule has 0 aliphatic heterocycles. The summed E-state index contributed by atoms with van der Waals surface area (Å²) in [7, 11) is -9.92. The predicted molar refractivity (Wildman–Crippen MR) is 423 cm³/mol. The van der Waals surface area contributed by atoms with E-state index in [1.807, 2.05) is 0 Å². The summed E-state index contributed by atoms with van der Waals surface area (Å²) in [6, 6.07) is 0. The van der Waals surface area contributed by atoms with Crippen LogP contribution in [0.4, 0.5) is 0 Å². The second kappa shape index (κ2) is 76.8. The number of unbranched alkanes of at least 4 members (excludes halogenated alkanes) is 56. The first-order valence-electron chi connectivity index (χ1n) is 43.6. The van der Waals surface area contributed by atoms with Crippen LogP contribution in [0, 0.1) is 5.92 Å². The van der Waals surface area contributed by atoms with Gasteiger partial charge < -0.3 is 33.8 Å². The minimum absolute atomic E-state index is 0.107. The lowest BCUT2D eigenvalue weighted by molar-refractivity contribution is -0.161. The van der Waals surface area contributed by atoms with Gasteiger partial charge in [-0.15, -0.1) is 0 Å². The lowest BCUT2D eigenvalue weighted by atomic mass is 10.0. The van der Waals surface area contributed by atoms with Crippen molar-refractivity contribution in [3.05, 3.63) is 0 Å². The minimum atomic E-state index is -4.96. The smallest absolute Gasteiger partial charge is 0.462 e. The van der Waals surface area contributed by atoms with Crippen molar-refractivity contribution in [3.63, 3.8) is 0 Å². The van der Waals surface area contributed by atoms with Crippen LogP contribution in [0.15, 0.2) is 0 Å². The first kappa shape index (κ1) is 101. The molecule has 0 aliphatic rings. The standard InChI is InChI=1S/C84H164O17P2/c1-6-9-12-15-18-21-24-27-29-31-33-35-38-43-48-53-58-63-68-82(87)95-73-79(100-83(88)69-64-59-54-49-44-39-36-34-32-30-28-25-22-19-16-13-10-7-2)75-98-102(90,91)96-71-78(85)72-97-103(92,93)99-76-80(74-94-81(86)67-62-57-52-47-42-37-26-23-20-17-14-11-8-3)101-84(89)70-65-60-55-50-45-40-41-46-51-56-61-66-77(4)5/h77-80,85H,6-76H2,1-5H3,(H,90,91)(H,92,93)/t78-,79-,80-/m1/s1. The Morgan fingerprint density at radius 3 is 0.660 bits per heavy atom. The molecule has 0 fully saturated rings. The molecule has 103 heavy (non-hydrogen) atoms. The maximum absolute atomic E-state index is 13.1. The van der Waals surface area contributed by atoms with Crippen LogP contribution in [0.2, 0.25) is 0 Å². The van der Waals surface area contributed by atoms with Gasteiger partial charge in [0.2, 0.25) is 0 Å². The summed E-state index contributed by atoms with van der Waals surface area (Å²) < 4.78 is 68.9. The molecule has 0 spiro atoms. The minimum Gasteiger partial charge on any atom is -0.462 e. The number of carbonyl (C=O) groups excluding carboxylic acids is 4. The molecular weight excluding hydrogens is 1340 g/mol. The number of aliphatic hydroxyl groups is 1. The lowest BCUT2D eigenvalue weighted by Gasteiger charge is -2.21. The number of phosphoric acid groups is 2. The number of esters is 4. The highest BCUT2D eigenvalue weighted by Crippen LogP contribution is 2.45.